The number of nitrogens with one attached hydrogen (secondary N) is 1. The van der Waals surface area contributed by atoms with E-state index in [9.17, 15) is 9.90 Å². The molecule has 1 aromatic carbocycles. The van der Waals surface area contributed by atoms with E-state index in [0.717, 1.165) is 24.9 Å². The van der Waals surface area contributed by atoms with Gasteiger partial charge in [0, 0.05) is 16.7 Å². The monoisotopic (exact) mass is 322 g/mol. The lowest BCUT2D eigenvalue weighted by Crippen LogP contribution is -2.44. The van der Waals surface area contributed by atoms with E-state index in [1.807, 2.05) is 18.7 Å². The predicted octanol–water partition coefficient (Wildman–Crippen LogP) is 3.41. The van der Waals surface area contributed by atoms with Crippen molar-refractivity contribution in [1.82, 2.24) is 10.2 Å². The molecule has 2 N–H and O–H groups in total. The van der Waals surface area contributed by atoms with Crippen LogP contribution in [0, 0.1) is 0 Å². The summed E-state index contributed by atoms with van der Waals surface area (Å²) in [4.78, 5) is 15.3. The summed E-state index contributed by atoms with van der Waals surface area (Å²) < 4.78 is 0. The number of benzene rings is 1. The van der Waals surface area contributed by atoms with Crippen molar-refractivity contribution < 1.29 is 9.90 Å². The molecule has 2 unspecified atom stereocenters. The molecule has 2 rings (SSSR count). The second-order valence-electron chi connectivity index (χ2n) is 6.08. The second-order valence-corrected chi connectivity index (χ2v) is 7.73. The number of aliphatic hydroxyl groups is 1. The molecule has 4 nitrogen and oxygen atoms in total. The first-order chi connectivity index (χ1) is 10.5. The first-order valence-corrected chi connectivity index (χ1v) is 8.84. The highest BCUT2D eigenvalue weighted by Crippen LogP contribution is 2.25. The number of hydrogen-bond donors (Lipinski definition) is 2. The number of nitrogens with zero attached hydrogens (tertiary/aromatic N) is 1. The van der Waals surface area contributed by atoms with Crippen molar-refractivity contribution in [3.8, 4) is 0 Å². The Hall–Kier alpha value is -1.20. The molecule has 0 radical (unpaired) electrons. The number of amides is 2. The molecule has 1 aliphatic heterocycles. The van der Waals surface area contributed by atoms with Gasteiger partial charge in [-0.05, 0) is 37.5 Å². The molecule has 0 saturated carbocycles. The van der Waals surface area contributed by atoms with Crippen molar-refractivity contribution in [2.75, 3.05) is 13.2 Å². The van der Waals surface area contributed by atoms with Crippen LogP contribution < -0.4 is 5.32 Å². The molecular weight excluding hydrogens is 296 g/mol. The van der Waals surface area contributed by atoms with E-state index in [0.29, 0.717) is 5.25 Å². The van der Waals surface area contributed by atoms with Crippen LogP contribution in [0.15, 0.2) is 29.2 Å². The van der Waals surface area contributed by atoms with Gasteiger partial charge in [0.15, 0.2) is 0 Å². The molecule has 1 fully saturated rings. The average molecular weight is 322 g/mol. The standard InChI is InChI=1S/C17H26N2O2S/c1-12(2)22-16-8-6-14(7-9-16)13(3)18-17(21)19-10-4-5-15(19)11-20/h6-9,12-13,15,20H,4-5,10-11H2,1-3H3,(H,18,21). The van der Waals surface area contributed by atoms with Gasteiger partial charge in [-0.25, -0.2) is 4.79 Å². The summed E-state index contributed by atoms with van der Waals surface area (Å²) in [6.07, 6.45) is 1.85. The molecular formula is C17H26N2O2S. The van der Waals surface area contributed by atoms with Gasteiger partial charge >= 0.3 is 6.03 Å². The third kappa shape index (κ3) is 4.40. The topological polar surface area (TPSA) is 52.6 Å². The molecule has 1 saturated heterocycles. The molecule has 2 atom stereocenters. The van der Waals surface area contributed by atoms with Crippen molar-refractivity contribution in [3.63, 3.8) is 0 Å². The summed E-state index contributed by atoms with van der Waals surface area (Å²) in [5, 5.41) is 12.9. The van der Waals surface area contributed by atoms with Crippen molar-refractivity contribution in [2.24, 2.45) is 0 Å². The first kappa shape index (κ1) is 17.2. The van der Waals surface area contributed by atoms with Crippen LogP contribution in [0.5, 0.6) is 0 Å². The minimum absolute atomic E-state index is 0.0305. The fourth-order valence-corrected chi connectivity index (χ4v) is 3.59. The minimum Gasteiger partial charge on any atom is -0.394 e. The molecule has 5 heteroatoms. The molecule has 1 heterocycles. The lowest BCUT2D eigenvalue weighted by molar-refractivity contribution is 0.155. The summed E-state index contributed by atoms with van der Waals surface area (Å²) >= 11 is 1.83. The van der Waals surface area contributed by atoms with Crippen LogP contribution in [-0.4, -0.2) is 40.5 Å². The van der Waals surface area contributed by atoms with Crippen LogP contribution in [0.4, 0.5) is 4.79 Å². The number of rotatable bonds is 5. The molecule has 0 bridgehead atoms. The minimum atomic E-state index is -0.0790. The highest BCUT2D eigenvalue weighted by atomic mass is 32.2. The van der Waals surface area contributed by atoms with Crippen LogP contribution >= 0.6 is 11.8 Å². The molecule has 22 heavy (non-hydrogen) atoms. The lowest BCUT2D eigenvalue weighted by Gasteiger charge is -2.25. The molecule has 0 aromatic heterocycles. The molecule has 1 aliphatic rings. The average Bonchev–Trinajstić information content (AvgIpc) is 2.95. The van der Waals surface area contributed by atoms with E-state index in [-0.39, 0.29) is 24.7 Å². The van der Waals surface area contributed by atoms with Crippen LogP contribution in [0.1, 0.15) is 45.2 Å². The maximum absolute atomic E-state index is 12.3. The number of aliphatic hydroxyl groups excluding tert-OH is 1. The normalized spacial score (nSPS) is 19.5. The van der Waals surface area contributed by atoms with Crippen molar-refractivity contribution in [3.05, 3.63) is 29.8 Å². The number of likely N-dealkylation sites (tertiary alicyclic amines) is 1. The predicted molar refractivity (Wildman–Crippen MR) is 91.2 cm³/mol. The summed E-state index contributed by atoms with van der Waals surface area (Å²) in [7, 11) is 0. The van der Waals surface area contributed by atoms with Gasteiger partial charge in [0.05, 0.1) is 18.7 Å². The maximum Gasteiger partial charge on any atom is 0.318 e. The summed E-state index contributed by atoms with van der Waals surface area (Å²) in [5.41, 5.74) is 1.10. The van der Waals surface area contributed by atoms with Crippen molar-refractivity contribution in [2.45, 2.75) is 55.8 Å². The smallest absolute Gasteiger partial charge is 0.318 e. The van der Waals surface area contributed by atoms with Crippen LogP contribution in [0.25, 0.3) is 0 Å². The van der Waals surface area contributed by atoms with Gasteiger partial charge in [-0.2, -0.15) is 0 Å². The van der Waals surface area contributed by atoms with Crippen LogP contribution in [0.3, 0.4) is 0 Å². The molecule has 0 aliphatic carbocycles. The molecule has 0 spiro atoms. The van der Waals surface area contributed by atoms with E-state index in [1.165, 1.54) is 4.90 Å². The lowest BCUT2D eigenvalue weighted by atomic mass is 10.1. The third-order valence-corrected chi connectivity index (χ3v) is 4.96. The quantitative estimate of drug-likeness (QED) is 0.817. The Labute approximate surface area is 137 Å². The zero-order valence-electron chi connectivity index (χ0n) is 13.6. The maximum atomic E-state index is 12.3. The van der Waals surface area contributed by atoms with E-state index in [1.54, 1.807) is 4.90 Å². The fourth-order valence-electron chi connectivity index (χ4n) is 2.75. The van der Waals surface area contributed by atoms with Gasteiger partial charge in [0.1, 0.15) is 0 Å². The summed E-state index contributed by atoms with van der Waals surface area (Å²) in [5.74, 6) is 0. The van der Waals surface area contributed by atoms with E-state index >= 15 is 0 Å². The highest BCUT2D eigenvalue weighted by molar-refractivity contribution is 7.99. The van der Waals surface area contributed by atoms with Crippen LogP contribution in [-0.2, 0) is 0 Å². The Morgan fingerprint density at radius 2 is 2.05 bits per heavy atom. The Kier molecular flexibility index (Phi) is 6.15. The summed E-state index contributed by atoms with van der Waals surface area (Å²) in [6.45, 7) is 7.12. The molecule has 1 aromatic rings. The fraction of sp³-hybridized carbons (Fsp3) is 0.588. The number of thioether (sulfide) groups is 1. The number of carbonyl (C=O) groups excluding carboxylic acids is 1. The highest BCUT2D eigenvalue weighted by Gasteiger charge is 2.28. The Morgan fingerprint density at radius 1 is 1.36 bits per heavy atom. The third-order valence-electron chi connectivity index (χ3n) is 3.94. The van der Waals surface area contributed by atoms with Gasteiger partial charge in [-0.1, -0.05) is 26.0 Å². The van der Waals surface area contributed by atoms with E-state index < -0.39 is 0 Å². The summed E-state index contributed by atoms with van der Waals surface area (Å²) in [6, 6.07) is 8.21. The largest absolute Gasteiger partial charge is 0.394 e. The SMILES string of the molecule is CC(C)Sc1ccc(C(C)NC(=O)N2CCCC2CO)cc1. The van der Waals surface area contributed by atoms with E-state index in [2.05, 4.69) is 43.4 Å². The molecule has 2 amide bonds. The number of urea groups is 1. The molecule has 122 valence electrons. The number of hydrogen-bond acceptors (Lipinski definition) is 3. The zero-order chi connectivity index (χ0) is 16.1. The van der Waals surface area contributed by atoms with Gasteiger partial charge in [-0.15, -0.1) is 11.8 Å². The van der Waals surface area contributed by atoms with Gasteiger partial charge in [0.25, 0.3) is 0 Å². The Balaban J connectivity index is 1.93. The van der Waals surface area contributed by atoms with Crippen LogP contribution in [0.2, 0.25) is 0 Å². The van der Waals surface area contributed by atoms with Crippen molar-refractivity contribution >= 4 is 17.8 Å². The van der Waals surface area contributed by atoms with Gasteiger partial charge in [0.2, 0.25) is 0 Å². The second kappa shape index (κ2) is 7.88. The Morgan fingerprint density at radius 3 is 2.64 bits per heavy atom. The Bertz CT molecular complexity index is 490. The van der Waals surface area contributed by atoms with E-state index in [4.69, 9.17) is 0 Å². The van der Waals surface area contributed by atoms with Crippen molar-refractivity contribution in [1.29, 1.82) is 0 Å². The number of carbonyl (C=O) groups is 1. The zero-order valence-corrected chi connectivity index (χ0v) is 14.4. The van der Waals surface area contributed by atoms with Gasteiger partial charge in [-0.3, -0.25) is 0 Å². The van der Waals surface area contributed by atoms with Gasteiger partial charge < -0.3 is 15.3 Å². The first-order valence-electron chi connectivity index (χ1n) is 7.96.